The van der Waals surface area contributed by atoms with Gasteiger partial charge in [-0.15, -0.1) is 5.10 Å². The zero-order chi connectivity index (χ0) is 22.8. The normalized spacial score (nSPS) is 10.8. The molecule has 0 fully saturated rings. The summed E-state index contributed by atoms with van der Waals surface area (Å²) >= 11 is 0. The molecule has 0 aliphatic rings. The molecule has 0 aliphatic heterocycles. The number of aromatic nitrogens is 6. The van der Waals surface area contributed by atoms with E-state index < -0.39 is 5.97 Å². The van der Waals surface area contributed by atoms with Gasteiger partial charge in [-0.3, -0.25) is 0 Å². The molecule has 162 valence electrons. The monoisotopic (exact) mass is 438 g/mol. The molecule has 0 saturated carbocycles. The molecule has 10 heteroatoms. The summed E-state index contributed by atoms with van der Waals surface area (Å²) in [6.45, 7) is 1.92. The number of carbonyl (C=O) groups is 1. The van der Waals surface area contributed by atoms with Gasteiger partial charge in [0.2, 0.25) is 11.8 Å². The fourth-order valence-corrected chi connectivity index (χ4v) is 3.24. The summed E-state index contributed by atoms with van der Waals surface area (Å²) in [5.41, 5.74) is 3.20. The van der Waals surface area contributed by atoms with Gasteiger partial charge >= 0.3 is 5.97 Å². The van der Waals surface area contributed by atoms with Gasteiger partial charge in [-0.1, -0.05) is 6.07 Å². The molecule has 0 amide bonds. The number of benzene rings is 1. The van der Waals surface area contributed by atoms with E-state index in [1.807, 2.05) is 43.5 Å². The van der Waals surface area contributed by atoms with Gasteiger partial charge < -0.3 is 15.7 Å². The Kier molecular flexibility index (Phi) is 5.07. The van der Waals surface area contributed by atoms with E-state index in [9.17, 15) is 4.79 Å². The van der Waals surface area contributed by atoms with Gasteiger partial charge in [-0.25, -0.2) is 24.3 Å². The second-order valence-electron chi connectivity index (χ2n) is 7.18. The predicted octanol–water partition coefficient (Wildman–Crippen LogP) is 4.08. The van der Waals surface area contributed by atoms with Crippen molar-refractivity contribution in [1.29, 1.82) is 0 Å². The number of aromatic carboxylic acids is 1. The highest BCUT2D eigenvalue weighted by atomic mass is 16.4. The van der Waals surface area contributed by atoms with Crippen LogP contribution in [0.15, 0.2) is 73.1 Å². The second-order valence-corrected chi connectivity index (χ2v) is 7.18. The first kappa shape index (κ1) is 20.1. The van der Waals surface area contributed by atoms with Crippen LogP contribution in [0.25, 0.3) is 17.0 Å². The molecule has 3 N–H and O–H groups in total. The molecule has 10 nitrogen and oxygen atoms in total. The van der Waals surface area contributed by atoms with Crippen LogP contribution >= 0.6 is 0 Å². The fourth-order valence-electron chi connectivity index (χ4n) is 3.24. The minimum Gasteiger partial charge on any atom is -0.478 e. The molecule has 1 aromatic carbocycles. The van der Waals surface area contributed by atoms with Crippen molar-refractivity contribution in [3.63, 3.8) is 0 Å². The predicted molar refractivity (Wildman–Crippen MR) is 123 cm³/mol. The smallest absolute Gasteiger partial charge is 0.335 e. The molecule has 4 heterocycles. The summed E-state index contributed by atoms with van der Waals surface area (Å²) in [5, 5.41) is 19.9. The van der Waals surface area contributed by atoms with Crippen molar-refractivity contribution in [2.24, 2.45) is 0 Å². The van der Waals surface area contributed by atoms with Crippen molar-refractivity contribution in [2.75, 3.05) is 10.6 Å². The lowest BCUT2D eigenvalue weighted by Crippen LogP contribution is -2.06. The molecular weight excluding hydrogens is 420 g/mol. The minimum absolute atomic E-state index is 0.204. The number of carboxylic acids is 1. The SMILES string of the molecule is Cc1cccc(-c2nc(Nc3ccnc(Nc4ccc(C(=O)O)cc4)n3)c3cccn3n2)n1. The third kappa shape index (κ3) is 4.30. The van der Waals surface area contributed by atoms with E-state index in [-0.39, 0.29) is 5.56 Å². The molecule has 0 atom stereocenters. The number of nitrogens with one attached hydrogen (secondary N) is 2. The lowest BCUT2D eigenvalue weighted by atomic mass is 10.2. The molecule has 0 unspecified atom stereocenters. The van der Waals surface area contributed by atoms with Crippen LogP contribution in [-0.4, -0.2) is 40.6 Å². The van der Waals surface area contributed by atoms with Crippen LogP contribution in [0.4, 0.5) is 23.3 Å². The first-order valence-electron chi connectivity index (χ1n) is 10.0. The summed E-state index contributed by atoms with van der Waals surface area (Å²) in [5.74, 6) is 0.953. The van der Waals surface area contributed by atoms with Crippen LogP contribution in [0.2, 0.25) is 0 Å². The molecule has 0 aliphatic carbocycles. The molecule has 0 saturated heterocycles. The maximum atomic E-state index is 11.0. The summed E-state index contributed by atoms with van der Waals surface area (Å²) in [6, 6.07) is 17.5. The molecule has 4 aromatic heterocycles. The Hall–Kier alpha value is -4.86. The Bertz CT molecular complexity index is 1460. The number of aryl methyl sites for hydroxylation is 1. The maximum Gasteiger partial charge on any atom is 0.335 e. The van der Waals surface area contributed by atoms with Crippen LogP contribution in [0.1, 0.15) is 16.1 Å². The average Bonchev–Trinajstić information content (AvgIpc) is 3.29. The molecule has 5 rings (SSSR count). The zero-order valence-electron chi connectivity index (χ0n) is 17.5. The maximum absolute atomic E-state index is 11.0. The largest absolute Gasteiger partial charge is 0.478 e. The van der Waals surface area contributed by atoms with Crippen LogP contribution in [-0.2, 0) is 0 Å². The van der Waals surface area contributed by atoms with Crippen LogP contribution < -0.4 is 10.6 Å². The van der Waals surface area contributed by atoms with E-state index in [2.05, 4.69) is 35.7 Å². The average molecular weight is 438 g/mol. The zero-order valence-corrected chi connectivity index (χ0v) is 17.5. The summed E-state index contributed by atoms with van der Waals surface area (Å²) in [6.07, 6.45) is 3.46. The van der Waals surface area contributed by atoms with Gasteiger partial charge in [0.05, 0.1) is 5.56 Å². The van der Waals surface area contributed by atoms with Crippen LogP contribution in [0.5, 0.6) is 0 Å². The van der Waals surface area contributed by atoms with Gasteiger partial charge in [0.1, 0.15) is 17.0 Å². The highest BCUT2D eigenvalue weighted by molar-refractivity contribution is 5.88. The number of pyridine rings is 1. The Labute approximate surface area is 188 Å². The van der Waals surface area contributed by atoms with Crippen molar-refractivity contribution in [3.05, 3.63) is 84.3 Å². The van der Waals surface area contributed by atoms with E-state index >= 15 is 0 Å². The number of nitrogens with zero attached hydrogens (tertiary/aromatic N) is 6. The highest BCUT2D eigenvalue weighted by Gasteiger charge is 2.12. The molecule has 0 radical (unpaired) electrons. The third-order valence-electron chi connectivity index (χ3n) is 4.80. The summed E-state index contributed by atoms with van der Waals surface area (Å²) in [7, 11) is 0. The minimum atomic E-state index is -0.981. The summed E-state index contributed by atoms with van der Waals surface area (Å²) in [4.78, 5) is 29.0. The van der Waals surface area contributed by atoms with Crippen molar-refractivity contribution < 1.29 is 9.90 Å². The van der Waals surface area contributed by atoms with Gasteiger partial charge in [0.15, 0.2) is 5.82 Å². The Morgan fingerprint density at radius 1 is 0.939 bits per heavy atom. The summed E-state index contributed by atoms with van der Waals surface area (Å²) < 4.78 is 1.74. The molecule has 0 spiro atoms. The molecular formula is C23H18N8O2. The highest BCUT2D eigenvalue weighted by Crippen LogP contribution is 2.23. The number of hydrogen-bond acceptors (Lipinski definition) is 8. The number of carboxylic acid groups (broad SMARTS) is 1. The number of hydrogen-bond donors (Lipinski definition) is 3. The first-order chi connectivity index (χ1) is 16.0. The van der Waals surface area contributed by atoms with E-state index in [0.717, 1.165) is 11.2 Å². The van der Waals surface area contributed by atoms with Gasteiger partial charge in [-0.05, 0) is 61.5 Å². The first-order valence-corrected chi connectivity index (χ1v) is 10.0. The van der Waals surface area contributed by atoms with Gasteiger partial charge in [0.25, 0.3) is 0 Å². The Balaban J connectivity index is 1.44. The fraction of sp³-hybridized carbons (Fsp3) is 0.0435. The van der Waals surface area contributed by atoms with Gasteiger partial charge in [0, 0.05) is 23.8 Å². The van der Waals surface area contributed by atoms with Crippen LogP contribution in [0.3, 0.4) is 0 Å². The van der Waals surface area contributed by atoms with Crippen molar-refractivity contribution in [2.45, 2.75) is 6.92 Å². The van der Waals surface area contributed by atoms with E-state index in [1.165, 1.54) is 12.1 Å². The Morgan fingerprint density at radius 3 is 2.58 bits per heavy atom. The quantitative estimate of drug-likeness (QED) is 0.359. The molecule has 0 bridgehead atoms. The van der Waals surface area contributed by atoms with Crippen molar-refractivity contribution in [1.82, 2.24) is 29.5 Å². The van der Waals surface area contributed by atoms with E-state index in [0.29, 0.717) is 34.8 Å². The van der Waals surface area contributed by atoms with E-state index in [1.54, 1.807) is 28.9 Å². The Morgan fingerprint density at radius 2 is 1.79 bits per heavy atom. The standard InChI is InChI=1S/C23H18N8O2/c1-14-4-2-5-17(25-14)20-29-21(18-6-3-13-31(18)30-20)27-19-11-12-24-23(28-19)26-16-9-7-15(8-10-16)22(32)33/h2-13H,1H3,(H,32,33)(H2,24,26,27,28,29,30). The van der Waals surface area contributed by atoms with Crippen molar-refractivity contribution in [3.8, 4) is 11.5 Å². The molecule has 33 heavy (non-hydrogen) atoms. The van der Waals surface area contributed by atoms with Crippen molar-refractivity contribution >= 4 is 34.8 Å². The lowest BCUT2D eigenvalue weighted by Gasteiger charge is -2.11. The number of rotatable bonds is 6. The third-order valence-corrected chi connectivity index (χ3v) is 4.80. The number of fused-ring (bicyclic) bond motifs is 1. The molecule has 5 aromatic rings. The van der Waals surface area contributed by atoms with E-state index in [4.69, 9.17) is 5.11 Å². The second kappa shape index (κ2) is 8.35. The number of anilines is 4. The topological polar surface area (TPSA) is 130 Å². The van der Waals surface area contributed by atoms with Crippen LogP contribution in [0, 0.1) is 6.92 Å². The lowest BCUT2D eigenvalue weighted by molar-refractivity contribution is 0.0697. The van der Waals surface area contributed by atoms with Gasteiger partial charge in [-0.2, -0.15) is 4.98 Å².